The summed E-state index contributed by atoms with van der Waals surface area (Å²) in [6.07, 6.45) is 1.53. The second-order valence-corrected chi connectivity index (χ2v) is 9.55. The van der Waals surface area contributed by atoms with Crippen molar-refractivity contribution in [2.75, 3.05) is 19.6 Å². The minimum Gasteiger partial charge on any atom is -0.480 e. The molecule has 1 fully saturated rings. The molecule has 1 aliphatic rings. The van der Waals surface area contributed by atoms with E-state index in [-0.39, 0.29) is 12.5 Å². The van der Waals surface area contributed by atoms with Crippen LogP contribution in [-0.2, 0) is 22.6 Å². The zero-order valence-electron chi connectivity index (χ0n) is 20.1. The van der Waals surface area contributed by atoms with Crippen LogP contribution in [0.25, 0.3) is 11.1 Å². The lowest BCUT2D eigenvalue weighted by molar-refractivity contribution is -0.141. The summed E-state index contributed by atoms with van der Waals surface area (Å²) in [5.74, 6) is -1.18. The minimum atomic E-state index is -1.03. The summed E-state index contributed by atoms with van der Waals surface area (Å²) in [5, 5.41) is 13.0. The number of amides is 1. The first-order chi connectivity index (χ1) is 17.5. The Morgan fingerprint density at radius 2 is 1.67 bits per heavy atom. The zero-order chi connectivity index (χ0) is 25.3. The number of piperidine rings is 1. The smallest absolute Gasteiger partial charge is 0.408 e. The number of rotatable bonds is 9. The topological polar surface area (TPSA) is 78.9 Å². The van der Waals surface area contributed by atoms with Crippen molar-refractivity contribution in [1.29, 1.82) is 0 Å². The average Bonchev–Trinajstić information content (AvgIpc) is 2.91. The third kappa shape index (κ3) is 7.09. The van der Waals surface area contributed by atoms with Crippen LogP contribution >= 0.6 is 11.6 Å². The standard InChI is InChI=1S/C29H31ClN2O4/c30-25-11-12-26(22-9-5-2-6-10-22)24(19-25)15-18-32-16-13-23(14-17-32)27(28(33)34)31-29(35)36-20-21-7-3-1-4-8-21/h1-12,19,23,27H,13-18,20H2,(H,31,35)(H,33,34). The van der Waals surface area contributed by atoms with Crippen molar-refractivity contribution in [3.05, 3.63) is 95.0 Å². The van der Waals surface area contributed by atoms with Gasteiger partial charge in [-0.2, -0.15) is 0 Å². The Morgan fingerprint density at radius 1 is 1.00 bits per heavy atom. The maximum Gasteiger partial charge on any atom is 0.408 e. The first kappa shape index (κ1) is 25.7. The molecule has 0 aliphatic carbocycles. The first-order valence-corrected chi connectivity index (χ1v) is 12.6. The van der Waals surface area contributed by atoms with Crippen LogP contribution in [0.1, 0.15) is 24.0 Å². The van der Waals surface area contributed by atoms with Crippen LogP contribution in [0.4, 0.5) is 4.79 Å². The van der Waals surface area contributed by atoms with Crippen molar-refractivity contribution in [3.8, 4) is 11.1 Å². The van der Waals surface area contributed by atoms with Crippen LogP contribution in [0.15, 0.2) is 78.9 Å². The van der Waals surface area contributed by atoms with Crippen molar-refractivity contribution in [2.45, 2.75) is 31.9 Å². The van der Waals surface area contributed by atoms with Gasteiger partial charge in [-0.05, 0) is 72.7 Å². The number of carboxylic acids is 1. The zero-order valence-corrected chi connectivity index (χ0v) is 20.9. The monoisotopic (exact) mass is 506 g/mol. The molecule has 3 aromatic carbocycles. The number of nitrogens with zero attached hydrogens (tertiary/aromatic N) is 1. The maximum atomic E-state index is 12.3. The number of carbonyl (C=O) groups is 2. The van der Waals surface area contributed by atoms with E-state index in [0.717, 1.165) is 42.2 Å². The Labute approximate surface area is 216 Å². The minimum absolute atomic E-state index is 0.103. The van der Waals surface area contributed by atoms with Gasteiger partial charge in [0.15, 0.2) is 0 Å². The first-order valence-electron chi connectivity index (χ1n) is 12.3. The lowest BCUT2D eigenvalue weighted by Crippen LogP contribution is -2.49. The average molecular weight is 507 g/mol. The van der Waals surface area contributed by atoms with E-state index in [9.17, 15) is 14.7 Å². The second kappa shape index (κ2) is 12.6. The third-order valence-corrected chi connectivity index (χ3v) is 6.94. The van der Waals surface area contributed by atoms with E-state index in [4.69, 9.17) is 16.3 Å². The van der Waals surface area contributed by atoms with Crippen molar-refractivity contribution in [3.63, 3.8) is 0 Å². The van der Waals surface area contributed by atoms with Crippen LogP contribution < -0.4 is 5.32 Å². The number of carboxylic acid groups (broad SMARTS) is 1. The molecule has 3 aromatic rings. The van der Waals surface area contributed by atoms with Gasteiger partial charge >= 0.3 is 12.1 Å². The molecule has 1 heterocycles. The Bertz CT molecular complexity index is 1150. The molecule has 0 radical (unpaired) electrons. The SMILES string of the molecule is O=C(NC(C(=O)O)C1CCN(CCc2cc(Cl)ccc2-c2ccccc2)CC1)OCc1ccccc1. The van der Waals surface area contributed by atoms with Gasteiger partial charge < -0.3 is 20.1 Å². The molecule has 7 heteroatoms. The normalized spacial score (nSPS) is 15.2. The number of nitrogens with one attached hydrogen (secondary N) is 1. The molecule has 1 aliphatic heterocycles. The highest BCUT2D eigenvalue weighted by Gasteiger charge is 2.33. The number of benzene rings is 3. The van der Waals surface area contributed by atoms with Crippen molar-refractivity contribution < 1.29 is 19.4 Å². The van der Waals surface area contributed by atoms with E-state index in [1.807, 2.05) is 60.7 Å². The Balaban J connectivity index is 1.29. The molecule has 2 N–H and O–H groups in total. The van der Waals surface area contributed by atoms with Crippen LogP contribution in [0.5, 0.6) is 0 Å². The summed E-state index contributed by atoms with van der Waals surface area (Å²) in [6, 6.07) is 24.6. The number of aliphatic carboxylic acids is 1. The Kier molecular flexibility index (Phi) is 8.98. The third-order valence-electron chi connectivity index (χ3n) is 6.71. The molecule has 0 aromatic heterocycles. The summed E-state index contributed by atoms with van der Waals surface area (Å²) in [5.41, 5.74) is 4.39. The molecule has 0 spiro atoms. The number of hydrogen-bond acceptors (Lipinski definition) is 4. The lowest BCUT2D eigenvalue weighted by atomic mass is 9.89. The molecule has 1 saturated heterocycles. The quantitative estimate of drug-likeness (QED) is 0.392. The van der Waals surface area contributed by atoms with Gasteiger partial charge in [0.2, 0.25) is 0 Å². The fourth-order valence-corrected chi connectivity index (χ4v) is 4.92. The van der Waals surface area contributed by atoms with Gasteiger partial charge in [-0.1, -0.05) is 78.3 Å². The Morgan fingerprint density at radius 3 is 2.33 bits per heavy atom. The summed E-state index contributed by atoms with van der Waals surface area (Å²) >= 11 is 6.29. The number of alkyl carbamates (subject to hydrolysis) is 1. The molecular formula is C29H31ClN2O4. The molecule has 6 nitrogen and oxygen atoms in total. The van der Waals surface area contributed by atoms with Crippen LogP contribution in [0, 0.1) is 5.92 Å². The molecule has 0 bridgehead atoms. The largest absolute Gasteiger partial charge is 0.480 e. The van der Waals surface area contributed by atoms with Crippen LogP contribution in [0.2, 0.25) is 5.02 Å². The summed E-state index contributed by atoms with van der Waals surface area (Å²) in [7, 11) is 0. The molecule has 36 heavy (non-hydrogen) atoms. The second-order valence-electron chi connectivity index (χ2n) is 9.12. The van der Waals surface area contributed by atoms with Gasteiger partial charge in [-0.25, -0.2) is 9.59 Å². The highest BCUT2D eigenvalue weighted by atomic mass is 35.5. The van der Waals surface area contributed by atoms with Crippen molar-refractivity contribution in [1.82, 2.24) is 10.2 Å². The molecule has 0 saturated carbocycles. The van der Waals surface area contributed by atoms with Gasteiger partial charge in [-0.15, -0.1) is 0 Å². The summed E-state index contributed by atoms with van der Waals surface area (Å²) in [4.78, 5) is 26.5. The molecular weight excluding hydrogens is 476 g/mol. The number of ether oxygens (including phenoxy) is 1. The van der Waals surface area contributed by atoms with Gasteiger partial charge in [0.25, 0.3) is 0 Å². The molecule has 1 unspecified atom stereocenters. The fraction of sp³-hybridized carbons (Fsp3) is 0.310. The van der Waals surface area contributed by atoms with Crippen LogP contribution in [-0.4, -0.2) is 47.7 Å². The highest BCUT2D eigenvalue weighted by molar-refractivity contribution is 6.30. The number of halogens is 1. The molecule has 4 rings (SSSR count). The summed E-state index contributed by atoms with van der Waals surface area (Å²) < 4.78 is 5.23. The lowest BCUT2D eigenvalue weighted by Gasteiger charge is -2.34. The van der Waals surface area contributed by atoms with Crippen molar-refractivity contribution >= 4 is 23.7 Å². The number of hydrogen-bond donors (Lipinski definition) is 2. The predicted molar refractivity (Wildman–Crippen MR) is 141 cm³/mol. The van der Waals surface area contributed by atoms with Crippen LogP contribution in [0.3, 0.4) is 0 Å². The van der Waals surface area contributed by atoms with Gasteiger partial charge in [0.05, 0.1) is 0 Å². The van der Waals surface area contributed by atoms with Crippen molar-refractivity contribution in [2.24, 2.45) is 5.92 Å². The predicted octanol–water partition coefficient (Wildman–Crippen LogP) is 5.64. The molecule has 188 valence electrons. The van der Waals surface area contributed by atoms with Gasteiger partial charge in [0, 0.05) is 11.6 Å². The van der Waals surface area contributed by atoms with E-state index in [2.05, 4.69) is 28.4 Å². The summed E-state index contributed by atoms with van der Waals surface area (Å²) in [6.45, 7) is 2.51. The molecule has 1 amide bonds. The molecule has 1 atom stereocenters. The van der Waals surface area contributed by atoms with E-state index >= 15 is 0 Å². The van der Waals surface area contributed by atoms with Gasteiger partial charge in [0.1, 0.15) is 12.6 Å². The van der Waals surface area contributed by atoms with E-state index in [1.165, 1.54) is 11.1 Å². The van der Waals surface area contributed by atoms with E-state index < -0.39 is 18.1 Å². The highest BCUT2D eigenvalue weighted by Crippen LogP contribution is 2.28. The Hall–Kier alpha value is -3.35. The number of likely N-dealkylation sites (tertiary alicyclic amines) is 1. The number of carbonyl (C=O) groups excluding carboxylic acids is 1. The van der Waals surface area contributed by atoms with E-state index in [1.54, 1.807) is 0 Å². The van der Waals surface area contributed by atoms with E-state index in [0.29, 0.717) is 12.8 Å². The fourth-order valence-electron chi connectivity index (χ4n) is 4.73. The maximum absolute atomic E-state index is 12.3. The van der Waals surface area contributed by atoms with Gasteiger partial charge in [-0.3, -0.25) is 0 Å².